The van der Waals surface area contributed by atoms with Crippen molar-refractivity contribution >= 4 is 11.9 Å². The maximum absolute atomic E-state index is 12.3. The summed E-state index contributed by atoms with van der Waals surface area (Å²) < 4.78 is 51.5. The van der Waals surface area contributed by atoms with Gasteiger partial charge in [0.15, 0.2) is 6.10 Å². The van der Waals surface area contributed by atoms with E-state index in [1.54, 1.807) is 37.3 Å². The van der Waals surface area contributed by atoms with E-state index < -0.39 is 18.4 Å². The third kappa shape index (κ3) is 5.83. The second-order valence-electron chi connectivity index (χ2n) is 7.18. The largest absolute Gasteiger partial charge is 0.573 e. The van der Waals surface area contributed by atoms with Crippen molar-refractivity contribution in [3.8, 4) is 22.8 Å². The van der Waals surface area contributed by atoms with Gasteiger partial charge in [-0.3, -0.25) is 4.98 Å². The molecule has 4 rings (SSSR count). The molecule has 2 aromatic carbocycles. The third-order valence-corrected chi connectivity index (χ3v) is 4.77. The summed E-state index contributed by atoms with van der Waals surface area (Å²) in [6.45, 7) is 2.03. The summed E-state index contributed by atoms with van der Waals surface area (Å²) >= 11 is 0. The summed E-state index contributed by atoms with van der Waals surface area (Å²) in [5.41, 5.74) is 2.45. The minimum absolute atomic E-state index is 0.291. The second kappa shape index (κ2) is 9.82. The van der Waals surface area contributed by atoms with Crippen molar-refractivity contribution in [3.05, 3.63) is 78.0 Å². The Bertz CT molecular complexity index is 1180. The lowest BCUT2D eigenvalue weighted by molar-refractivity contribution is -0.274. The molecule has 176 valence electrons. The lowest BCUT2D eigenvalue weighted by Crippen LogP contribution is -2.17. The number of benzene rings is 2. The first kappa shape index (κ1) is 23.1. The highest BCUT2D eigenvalue weighted by Gasteiger charge is 2.31. The van der Waals surface area contributed by atoms with Crippen molar-refractivity contribution in [2.75, 3.05) is 6.61 Å². The van der Waals surface area contributed by atoms with Crippen LogP contribution in [0.1, 0.15) is 35.4 Å². The zero-order valence-electron chi connectivity index (χ0n) is 17.9. The summed E-state index contributed by atoms with van der Waals surface area (Å²) in [6, 6.07) is 15.8. The van der Waals surface area contributed by atoms with Crippen molar-refractivity contribution in [1.82, 2.24) is 4.98 Å². The Kier molecular flexibility index (Phi) is 6.67. The fourth-order valence-electron chi connectivity index (χ4n) is 3.25. The fraction of sp³-hybridized carbons (Fsp3) is 0.208. The average molecular weight is 472 g/mol. The maximum Gasteiger partial charge on any atom is 0.573 e. The molecule has 0 saturated carbocycles. The Morgan fingerprint density at radius 3 is 2.53 bits per heavy atom. The second-order valence-corrected chi connectivity index (χ2v) is 7.18. The van der Waals surface area contributed by atoms with Gasteiger partial charge in [-0.2, -0.15) is 0 Å². The number of nitrogens with zero attached hydrogens (tertiary/aromatic N) is 2. The Balaban J connectivity index is 1.36. The van der Waals surface area contributed by atoms with Crippen molar-refractivity contribution < 1.29 is 37.0 Å². The minimum Gasteiger partial charge on any atom is -0.462 e. The van der Waals surface area contributed by atoms with Crippen molar-refractivity contribution in [3.63, 3.8) is 0 Å². The minimum atomic E-state index is -4.75. The molecule has 0 fully saturated rings. The fourth-order valence-corrected chi connectivity index (χ4v) is 3.25. The molecule has 1 aromatic heterocycles. The molecule has 0 N–H and O–H groups in total. The number of hydrogen-bond donors (Lipinski definition) is 0. The van der Waals surface area contributed by atoms with Crippen molar-refractivity contribution in [2.45, 2.75) is 25.8 Å². The van der Waals surface area contributed by atoms with Crippen LogP contribution in [0.25, 0.3) is 11.3 Å². The van der Waals surface area contributed by atoms with E-state index in [1.807, 2.05) is 6.07 Å². The summed E-state index contributed by atoms with van der Waals surface area (Å²) in [5, 5.41) is 3.90. The molecule has 0 radical (unpaired) electrons. The van der Waals surface area contributed by atoms with Crippen LogP contribution in [0.15, 0.2) is 72.0 Å². The number of rotatable bonds is 6. The molecular formula is C24H19F3N2O5. The maximum atomic E-state index is 12.3. The van der Waals surface area contributed by atoms with Gasteiger partial charge in [0.05, 0.1) is 30.5 Å². The SMILES string of the molecule is CCOC(=O)c1cccc(-c2ccc(OC3=NO[C@H](c4ccc(OC(F)(F)F)cc4)C3)cn2)c1. The van der Waals surface area contributed by atoms with E-state index in [1.165, 1.54) is 30.5 Å². The highest BCUT2D eigenvalue weighted by atomic mass is 19.4. The van der Waals surface area contributed by atoms with Gasteiger partial charge >= 0.3 is 12.3 Å². The van der Waals surface area contributed by atoms with Crippen LogP contribution in [0.3, 0.4) is 0 Å². The number of carbonyl (C=O) groups is 1. The molecule has 0 amide bonds. The Morgan fingerprint density at radius 1 is 1.09 bits per heavy atom. The van der Waals surface area contributed by atoms with Crippen LogP contribution in [0.4, 0.5) is 13.2 Å². The van der Waals surface area contributed by atoms with E-state index in [-0.39, 0.29) is 5.75 Å². The van der Waals surface area contributed by atoms with Crippen LogP contribution in [-0.4, -0.2) is 29.8 Å². The normalized spacial score (nSPS) is 15.3. The molecule has 1 aliphatic rings. The van der Waals surface area contributed by atoms with Gasteiger partial charge in [-0.1, -0.05) is 29.4 Å². The van der Waals surface area contributed by atoms with Gasteiger partial charge in [0.2, 0.25) is 5.90 Å². The van der Waals surface area contributed by atoms with Gasteiger partial charge in [-0.15, -0.1) is 13.2 Å². The number of pyridine rings is 1. The van der Waals surface area contributed by atoms with Gasteiger partial charge in [0.1, 0.15) is 11.5 Å². The first-order chi connectivity index (χ1) is 16.3. The molecular weight excluding hydrogens is 453 g/mol. The molecule has 1 aliphatic heterocycles. The topological polar surface area (TPSA) is 79.2 Å². The summed E-state index contributed by atoms with van der Waals surface area (Å²) in [4.78, 5) is 21.7. The van der Waals surface area contributed by atoms with Crippen molar-refractivity contribution in [2.24, 2.45) is 5.16 Å². The summed E-state index contributed by atoms with van der Waals surface area (Å²) in [7, 11) is 0. The van der Waals surface area contributed by atoms with Gasteiger partial charge < -0.3 is 19.0 Å². The van der Waals surface area contributed by atoms with Crippen LogP contribution < -0.4 is 9.47 Å². The Labute approximate surface area is 192 Å². The first-order valence-electron chi connectivity index (χ1n) is 10.3. The number of esters is 1. The number of aromatic nitrogens is 1. The molecule has 0 unspecified atom stereocenters. The van der Waals surface area contributed by atoms with E-state index in [0.717, 1.165) is 5.56 Å². The quantitative estimate of drug-likeness (QED) is 0.430. The van der Waals surface area contributed by atoms with Crippen molar-refractivity contribution in [1.29, 1.82) is 0 Å². The molecule has 0 aliphatic carbocycles. The molecule has 3 aromatic rings. The van der Waals surface area contributed by atoms with Crippen LogP contribution in [-0.2, 0) is 9.57 Å². The van der Waals surface area contributed by atoms with Gasteiger partial charge in [-0.05, 0) is 48.9 Å². The number of halogens is 3. The predicted molar refractivity (Wildman–Crippen MR) is 115 cm³/mol. The molecule has 1 atom stereocenters. The molecule has 0 saturated heterocycles. The average Bonchev–Trinajstić information content (AvgIpc) is 3.28. The monoisotopic (exact) mass is 472 g/mol. The van der Waals surface area contributed by atoms with E-state index in [9.17, 15) is 18.0 Å². The highest BCUT2D eigenvalue weighted by molar-refractivity contribution is 5.90. The van der Waals surface area contributed by atoms with Gasteiger partial charge in [0, 0.05) is 5.56 Å². The molecule has 2 heterocycles. The molecule has 0 spiro atoms. The number of hydrogen-bond acceptors (Lipinski definition) is 7. The van der Waals surface area contributed by atoms with Crippen LogP contribution >= 0.6 is 0 Å². The van der Waals surface area contributed by atoms with E-state index in [4.69, 9.17) is 14.3 Å². The zero-order valence-corrected chi connectivity index (χ0v) is 17.9. The Morgan fingerprint density at radius 2 is 1.85 bits per heavy atom. The Hall–Kier alpha value is -4.08. The summed E-state index contributed by atoms with van der Waals surface area (Å²) in [5.74, 6) is 0.0212. The zero-order chi connectivity index (χ0) is 24.1. The van der Waals surface area contributed by atoms with Crippen LogP contribution in [0.5, 0.6) is 11.5 Å². The lowest BCUT2D eigenvalue weighted by atomic mass is 10.1. The molecule has 10 heteroatoms. The number of alkyl halides is 3. The standard InChI is InChI=1S/C24H19F3N2O5/c1-2-31-23(30)17-5-3-4-16(12-17)20-11-10-19(14-28-20)32-22-13-21(34-29-22)15-6-8-18(9-7-15)33-24(25,26)27/h3-12,14,21H,2,13H2,1H3/t21-/m0/s1. The van der Waals surface area contributed by atoms with Gasteiger partial charge in [-0.25, -0.2) is 4.79 Å². The highest BCUT2D eigenvalue weighted by Crippen LogP contribution is 2.31. The van der Waals surface area contributed by atoms with E-state index in [2.05, 4.69) is 14.9 Å². The summed E-state index contributed by atoms with van der Waals surface area (Å²) in [6.07, 6.45) is -3.43. The first-order valence-corrected chi connectivity index (χ1v) is 10.3. The lowest BCUT2D eigenvalue weighted by Gasteiger charge is -2.11. The molecule has 0 bridgehead atoms. The number of oxime groups is 1. The smallest absolute Gasteiger partial charge is 0.462 e. The van der Waals surface area contributed by atoms with E-state index >= 15 is 0 Å². The number of ether oxygens (including phenoxy) is 3. The molecule has 7 nitrogen and oxygen atoms in total. The number of carbonyl (C=O) groups excluding carboxylic acids is 1. The predicted octanol–water partition coefficient (Wildman–Crippen LogP) is 5.68. The third-order valence-electron chi connectivity index (χ3n) is 4.77. The molecule has 34 heavy (non-hydrogen) atoms. The van der Waals surface area contributed by atoms with E-state index in [0.29, 0.717) is 41.5 Å². The van der Waals surface area contributed by atoms with Gasteiger partial charge in [0.25, 0.3) is 0 Å². The van der Waals surface area contributed by atoms with Crippen LogP contribution in [0.2, 0.25) is 0 Å². The van der Waals surface area contributed by atoms with Crippen LogP contribution in [0, 0.1) is 0 Å².